The predicted octanol–water partition coefficient (Wildman–Crippen LogP) is 4.18. The summed E-state index contributed by atoms with van der Waals surface area (Å²) in [5, 5.41) is 2.74. The molecule has 2 aliphatic rings. The standard InChI is InChI=1S/C29H34N4O7S2/c1-18-28(41-29(30-18)31-19(2)34)42(36,37)32(3)15-16-39-24-12-9-22(17-26(24)38-4)33-14-13-25(27(33)35)40-23-10-7-21(8-11-23)20-5-6-20/h7-12,17,20,25H,5-6,13-16H2,1-4H3,(H,30,31,34)/t25-/m0/s1. The number of carbonyl (C=O) groups excluding carboxylic acids is 2. The van der Waals surface area contributed by atoms with Crippen molar-refractivity contribution < 1.29 is 32.2 Å². The molecule has 0 radical (unpaired) electrons. The van der Waals surface area contributed by atoms with Gasteiger partial charge < -0.3 is 24.4 Å². The van der Waals surface area contributed by atoms with Crippen molar-refractivity contribution in [3.05, 3.63) is 53.7 Å². The maximum atomic E-state index is 13.2. The first-order valence-electron chi connectivity index (χ1n) is 13.7. The van der Waals surface area contributed by atoms with E-state index in [1.165, 1.54) is 43.8 Å². The van der Waals surface area contributed by atoms with Gasteiger partial charge in [0.25, 0.3) is 15.9 Å². The molecule has 42 heavy (non-hydrogen) atoms. The van der Waals surface area contributed by atoms with Gasteiger partial charge in [-0.1, -0.05) is 23.5 Å². The summed E-state index contributed by atoms with van der Waals surface area (Å²) >= 11 is 0.902. The van der Waals surface area contributed by atoms with E-state index in [0.29, 0.717) is 47.5 Å². The number of rotatable bonds is 12. The number of thiazole rings is 1. The number of aryl methyl sites for hydroxylation is 1. The fourth-order valence-corrected chi connectivity index (χ4v) is 7.54. The third-order valence-electron chi connectivity index (χ3n) is 7.17. The summed E-state index contributed by atoms with van der Waals surface area (Å²) in [7, 11) is -0.881. The Labute approximate surface area is 249 Å². The zero-order chi connectivity index (χ0) is 30.0. The quantitative estimate of drug-likeness (QED) is 0.322. The van der Waals surface area contributed by atoms with Crippen molar-refractivity contribution in [1.82, 2.24) is 9.29 Å². The van der Waals surface area contributed by atoms with Gasteiger partial charge in [-0.3, -0.25) is 9.59 Å². The Hall–Kier alpha value is -3.68. The molecule has 3 aromatic rings. The second kappa shape index (κ2) is 12.3. The van der Waals surface area contributed by atoms with Crippen LogP contribution in [0.2, 0.25) is 0 Å². The molecule has 0 unspecified atom stereocenters. The third-order valence-corrected chi connectivity index (χ3v) is 10.7. The summed E-state index contributed by atoms with van der Waals surface area (Å²) in [6, 6.07) is 13.2. The molecule has 1 saturated heterocycles. The van der Waals surface area contributed by atoms with Crippen LogP contribution < -0.4 is 24.4 Å². The predicted molar refractivity (Wildman–Crippen MR) is 159 cm³/mol. The van der Waals surface area contributed by atoms with Crippen LogP contribution in [0.4, 0.5) is 10.8 Å². The van der Waals surface area contributed by atoms with Crippen LogP contribution in [0.3, 0.4) is 0 Å². The van der Waals surface area contributed by atoms with Gasteiger partial charge in [-0.15, -0.1) is 0 Å². The first-order valence-corrected chi connectivity index (χ1v) is 15.9. The van der Waals surface area contributed by atoms with Gasteiger partial charge in [0.15, 0.2) is 26.9 Å². The molecule has 1 aliphatic heterocycles. The first kappa shape index (κ1) is 29.8. The van der Waals surface area contributed by atoms with Crippen molar-refractivity contribution in [2.45, 2.75) is 49.3 Å². The summed E-state index contributed by atoms with van der Waals surface area (Å²) in [6.45, 7) is 3.54. The molecular weight excluding hydrogens is 580 g/mol. The largest absolute Gasteiger partial charge is 0.493 e. The number of methoxy groups -OCH3 is 1. The van der Waals surface area contributed by atoms with E-state index >= 15 is 0 Å². The number of carbonyl (C=O) groups is 2. The lowest BCUT2D eigenvalue weighted by atomic mass is 10.1. The Balaban J connectivity index is 1.18. The van der Waals surface area contributed by atoms with E-state index in [1.54, 1.807) is 30.0 Å². The van der Waals surface area contributed by atoms with Crippen molar-refractivity contribution in [2.75, 3.05) is 44.1 Å². The second-order valence-electron chi connectivity index (χ2n) is 10.3. The molecule has 0 spiro atoms. The molecule has 0 bridgehead atoms. The van der Waals surface area contributed by atoms with E-state index in [2.05, 4.69) is 22.4 Å². The summed E-state index contributed by atoms with van der Waals surface area (Å²) in [5.74, 6) is 1.74. The van der Waals surface area contributed by atoms with Crippen LogP contribution in [0.15, 0.2) is 46.7 Å². The number of amides is 2. The van der Waals surface area contributed by atoms with Crippen LogP contribution >= 0.6 is 11.3 Å². The van der Waals surface area contributed by atoms with Crippen LogP contribution in [0, 0.1) is 6.92 Å². The van der Waals surface area contributed by atoms with Crippen molar-refractivity contribution in [2.24, 2.45) is 0 Å². The number of nitrogens with one attached hydrogen (secondary N) is 1. The zero-order valence-corrected chi connectivity index (χ0v) is 25.6. The lowest BCUT2D eigenvalue weighted by Gasteiger charge is -2.20. The van der Waals surface area contributed by atoms with Crippen molar-refractivity contribution in [3.8, 4) is 17.2 Å². The molecular formula is C29H34N4O7S2. The minimum atomic E-state index is -3.84. The smallest absolute Gasteiger partial charge is 0.268 e. The van der Waals surface area contributed by atoms with Crippen LogP contribution in [0.5, 0.6) is 17.2 Å². The zero-order valence-electron chi connectivity index (χ0n) is 24.0. The molecule has 1 N–H and O–H groups in total. The first-order chi connectivity index (χ1) is 20.1. The number of hydrogen-bond donors (Lipinski definition) is 1. The Morgan fingerprint density at radius 2 is 1.88 bits per heavy atom. The molecule has 11 nitrogen and oxygen atoms in total. The number of ether oxygens (including phenoxy) is 3. The van der Waals surface area contributed by atoms with Gasteiger partial charge in [0, 0.05) is 45.2 Å². The highest BCUT2D eigenvalue weighted by atomic mass is 32.2. The topological polar surface area (TPSA) is 127 Å². The Kier molecular flexibility index (Phi) is 8.71. The van der Waals surface area contributed by atoms with Gasteiger partial charge >= 0.3 is 0 Å². The second-order valence-corrected chi connectivity index (χ2v) is 13.6. The van der Waals surface area contributed by atoms with Crippen molar-refractivity contribution >= 4 is 44.0 Å². The maximum absolute atomic E-state index is 13.2. The molecule has 2 fully saturated rings. The van der Waals surface area contributed by atoms with Crippen LogP contribution in [0.1, 0.15) is 43.4 Å². The monoisotopic (exact) mass is 614 g/mol. The van der Waals surface area contributed by atoms with Crippen molar-refractivity contribution in [1.29, 1.82) is 0 Å². The molecule has 5 rings (SSSR count). The SMILES string of the molecule is COc1cc(N2CC[C@H](Oc3ccc(C4CC4)cc3)C2=O)ccc1OCCN(C)S(=O)(=O)c1sc(NC(C)=O)nc1C. The Morgan fingerprint density at radius 1 is 1.14 bits per heavy atom. The van der Waals surface area contributed by atoms with E-state index in [4.69, 9.17) is 14.2 Å². The number of likely N-dealkylation sites (N-methyl/N-ethyl adjacent to an activating group) is 1. The number of anilines is 2. The fourth-order valence-electron chi connectivity index (χ4n) is 4.73. The van der Waals surface area contributed by atoms with E-state index < -0.39 is 16.1 Å². The van der Waals surface area contributed by atoms with Gasteiger partial charge in [0.2, 0.25) is 5.91 Å². The number of aromatic nitrogens is 1. The van der Waals surface area contributed by atoms with Gasteiger partial charge in [-0.05, 0) is 55.5 Å². The fraction of sp³-hybridized carbons (Fsp3) is 0.414. The van der Waals surface area contributed by atoms with Crippen LogP contribution in [-0.2, 0) is 19.6 Å². The normalized spacial score (nSPS) is 17.0. The van der Waals surface area contributed by atoms with E-state index in [0.717, 1.165) is 11.3 Å². The van der Waals surface area contributed by atoms with Gasteiger partial charge in [-0.25, -0.2) is 13.4 Å². The molecule has 1 aliphatic carbocycles. The van der Waals surface area contributed by atoms with Crippen LogP contribution in [-0.4, -0.2) is 69.5 Å². The van der Waals surface area contributed by atoms with E-state index in [1.807, 2.05) is 12.1 Å². The maximum Gasteiger partial charge on any atom is 0.268 e. The summed E-state index contributed by atoms with van der Waals surface area (Å²) < 4.78 is 44.8. The summed E-state index contributed by atoms with van der Waals surface area (Å²) in [6.07, 6.45) is 2.47. The lowest BCUT2D eigenvalue weighted by molar-refractivity contribution is -0.122. The number of benzene rings is 2. The molecule has 1 atom stereocenters. The molecule has 13 heteroatoms. The molecule has 224 valence electrons. The van der Waals surface area contributed by atoms with E-state index in [-0.39, 0.29) is 34.3 Å². The highest BCUT2D eigenvalue weighted by molar-refractivity contribution is 7.91. The average molecular weight is 615 g/mol. The lowest BCUT2D eigenvalue weighted by Crippen LogP contribution is -2.32. The molecule has 2 amide bonds. The number of nitrogens with zero attached hydrogens (tertiary/aromatic N) is 3. The number of sulfonamides is 1. The van der Waals surface area contributed by atoms with Gasteiger partial charge in [0.1, 0.15) is 12.4 Å². The number of hydrogen-bond acceptors (Lipinski definition) is 9. The highest BCUT2D eigenvalue weighted by Gasteiger charge is 2.35. The molecule has 1 saturated carbocycles. The highest BCUT2D eigenvalue weighted by Crippen LogP contribution is 2.40. The average Bonchev–Trinajstić information content (AvgIpc) is 3.66. The minimum absolute atomic E-state index is 0.0555. The molecule has 1 aromatic heterocycles. The summed E-state index contributed by atoms with van der Waals surface area (Å²) in [5.41, 5.74) is 2.29. The Bertz CT molecular complexity index is 1570. The molecule has 2 aromatic carbocycles. The van der Waals surface area contributed by atoms with Gasteiger partial charge in [-0.2, -0.15) is 4.31 Å². The van der Waals surface area contributed by atoms with Gasteiger partial charge in [0.05, 0.1) is 12.8 Å². The summed E-state index contributed by atoms with van der Waals surface area (Å²) in [4.78, 5) is 30.3. The third kappa shape index (κ3) is 6.53. The molecule has 2 heterocycles. The minimum Gasteiger partial charge on any atom is -0.493 e. The van der Waals surface area contributed by atoms with Crippen molar-refractivity contribution in [3.63, 3.8) is 0 Å². The van der Waals surface area contributed by atoms with Crippen LogP contribution in [0.25, 0.3) is 0 Å². The van der Waals surface area contributed by atoms with E-state index in [9.17, 15) is 18.0 Å². The Morgan fingerprint density at radius 3 is 2.55 bits per heavy atom.